The minimum absolute atomic E-state index is 0.0348. The number of nitro groups is 1. The molecule has 0 amide bonds. The molecule has 0 radical (unpaired) electrons. The lowest BCUT2D eigenvalue weighted by atomic mass is 10.3. The van der Waals surface area contributed by atoms with Gasteiger partial charge >= 0.3 is 6.01 Å². The van der Waals surface area contributed by atoms with Gasteiger partial charge in [0.2, 0.25) is 5.88 Å². The maximum atomic E-state index is 10.7. The lowest BCUT2D eigenvalue weighted by Crippen LogP contribution is -1.97. The normalized spacial score (nSPS) is 10.2. The zero-order chi connectivity index (χ0) is 14.7. The molecule has 0 aliphatic rings. The van der Waals surface area contributed by atoms with Crippen molar-refractivity contribution in [3.8, 4) is 17.6 Å². The van der Waals surface area contributed by atoms with Gasteiger partial charge in [-0.05, 0) is 22.0 Å². The van der Waals surface area contributed by atoms with E-state index >= 15 is 0 Å². The van der Waals surface area contributed by atoms with Crippen LogP contribution in [0, 0.1) is 10.1 Å². The minimum atomic E-state index is -0.549. The minimum Gasteiger partial charge on any atom is -0.480 e. The zero-order valence-corrected chi connectivity index (χ0v) is 12.4. The Labute approximate surface area is 126 Å². The van der Waals surface area contributed by atoms with Crippen LogP contribution in [0.4, 0.5) is 5.69 Å². The first-order valence-electron chi connectivity index (χ1n) is 5.19. The molecule has 0 atom stereocenters. The second-order valence-corrected chi connectivity index (χ2v) is 4.75. The van der Waals surface area contributed by atoms with E-state index in [-0.39, 0.29) is 28.3 Å². The molecule has 0 spiro atoms. The standard InChI is InChI=1S/C11H7BrClN3O4/c1-19-10-7(12)5-14-11(15-10)20-9-4-6(16(17)18)2-3-8(9)13/h2-5H,1H3. The zero-order valence-electron chi connectivity index (χ0n) is 10.0. The molecule has 0 N–H and O–H groups in total. The van der Waals surface area contributed by atoms with Gasteiger partial charge in [-0.2, -0.15) is 4.98 Å². The van der Waals surface area contributed by atoms with E-state index in [0.29, 0.717) is 4.47 Å². The van der Waals surface area contributed by atoms with Crippen LogP contribution in [-0.2, 0) is 0 Å². The number of rotatable bonds is 4. The Bertz CT molecular complexity index is 668. The molecule has 0 aliphatic carbocycles. The van der Waals surface area contributed by atoms with Gasteiger partial charge in [0, 0.05) is 6.07 Å². The maximum Gasteiger partial charge on any atom is 0.325 e. The number of aromatic nitrogens is 2. The number of non-ortho nitro benzene ring substituents is 1. The van der Waals surface area contributed by atoms with E-state index in [0.717, 1.165) is 0 Å². The molecule has 1 aromatic carbocycles. The van der Waals surface area contributed by atoms with Crippen LogP contribution in [0.3, 0.4) is 0 Å². The number of nitro benzene ring substituents is 1. The van der Waals surface area contributed by atoms with Crippen LogP contribution in [0.2, 0.25) is 5.02 Å². The molecule has 1 heterocycles. The van der Waals surface area contributed by atoms with Crippen molar-refractivity contribution >= 4 is 33.2 Å². The van der Waals surface area contributed by atoms with Gasteiger partial charge in [0.15, 0.2) is 5.75 Å². The SMILES string of the molecule is COc1nc(Oc2cc([N+](=O)[O-])ccc2Cl)ncc1Br. The number of halogens is 2. The van der Waals surface area contributed by atoms with Gasteiger partial charge in [-0.1, -0.05) is 11.6 Å². The lowest BCUT2D eigenvalue weighted by molar-refractivity contribution is -0.384. The van der Waals surface area contributed by atoms with Crippen molar-refractivity contribution in [2.24, 2.45) is 0 Å². The van der Waals surface area contributed by atoms with Crippen molar-refractivity contribution in [1.29, 1.82) is 0 Å². The van der Waals surface area contributed by atoms with Crippen molar-refractivity contribution in [2.75, 3.05) is 7.11 Å². The largest absolute Gasteiger partial charge is 0.480 e. The van der Waals surface area contributed by atoms with Gasteiger partial charge in [-0.15, -0.1) is 0 Å². The molecule has 1 aromatic heterocycles. The molecule has 9 heteroatoms. The maximum absolute atomic E-state index is 10.7. The third-order valence-corrected chi connectivity index (χ3v) is 3.07. The summed E-state index contributed by atoms with van der Waals surface area (Å²) >= 11 is 9.11. The number of hydrogen-bond donors (Lipinski definition) is 0. The summed E-state index contributed by atoms with van der Waals surface area (Å²) in [6.07, 6.45) is 1.44. The van der Waals surface area contributed by atoms with Crippen LogP contribution in [0.5, 0.6) is 17.6 Å². The molecule has 104 valence electrons. The topological polar surface area (TPSA) is 87.4 Å². The van der Waals surface area contributed by atoms with E-state index in [1.807, 2.05) is 0 Å². The van der Waals surface area contributed by atoms with Gasteiger partial charge in [-0.3, -0.25) is 10.1 Å². The molecule has 20 heavy (non-hydrogen) atoms. The summed E-state index contributed by atoms with van der Waals surface area (Å²) in [5, 5.41) is 10.9. The van der Waals surface area contributed by atoms with E-state index in [1.54, 1.807) is 0 Å². The molecule has 0 saturated carbocycles. The fourth-order valence-corrected chi connectivity index (χ4v) is 1.82. The van der Waals surface area contributed by atoms with E-state index in [1.165, 1.54) is 31.5 Å². The highest BCUT2D eigenvalue weighted by Gasteiger charge is 2.14. The Morgan fingerprint density at radius 3 is 2.85 bits per heavy atom. The number of nitrogens with zero attached hydrogens (tertiary/aromatic N) is 3. The first-order chi connectivity index (χ1) is 9.51. The van der Waals surface area contributed by atoms with E-state index in [2.05, 4.69) is 25.9 Å². The van der Waals surface area contributed by atoms with E-state index in [9.17, 15) is 10.1 Å². The number of ether oxygens (including phenoxy) is 2. The summed E-state index contributed by atoms with van der Waals surface area (Å²) in [5.41, 5.74) is -0.145. The molecule has 2 aromatic rings. The number of benzene rings is 1. The number of methoxy groups -OCH3 is 1. The van der Waals surface area contributed by atoms with Crippen LogP contribution in [-0.4, -0.2) is 22.0 Å². The molecule has 0 unspecified atom stereocenters. The smallest absolute Gasteiger partial charge is 0.325 e. The van der Waals surface area contributed by atoms with E-state index < -0.39 is 4.92 Å². The van der Waals surface area contributed by atoms with Crippen molar-refractivity contribution in [3.05, 3.63) is 44.0 Å². The van der Waals surface area contributed by atoms with Crippen molar-refractivity contribution < 1.29 is 14.4 Å². The van der Waals surface area contributed by atoms with Crippen LogP contribution >= 0.6 is 27.5 Å². The summed E-state index contributed by atoms with van der Waals surface area (Å²) < 4.78 is 10.9. The van der Waals surface area contributed by atoms with Crippen molar-refractivity contribution in [2.45, 2.75) is 0 Å². The van der Waals surface area contributed by atoms with Gasteiger partial charge in [0.05, 0.1) is 33.8 Å². The van der Waals surface area contributed by atoms with Crippen LogP contribution in [0.15, 0.2) is 28.9 Å². The Balaban J connectivity index is 2.34. The predicted molar refractivity (Wildman–Crippen MR) is 74.5 cm³/mol. The third-order valence-electron chi connectivity index (χ3n) is 2.21. The van der Waals surface area contributed by atoms with Crippen LogP contribution in [0.25, 0.3) is 0 Å². The second kappa shape index (κ2) is 6.02. The quantitative estimate of drug-likeness (QED) is 0.611. The molecule has 7 nitrogen and oxygen atoms in total. The summed E-state index contributed by atoms with van der Waals surface area (Å²) in [6, 6.07) is 3.80. The predicted octanol–water partition coefficient (Wildman–Crippen LogP) is 3.60. The molecule has 0 bridgehead atoms. The Hall–Kier alpha value is -1.93. The molecule has 2 rings (SSSR count). The highest BCUT2D eigenvalue weighted by atomic mass is 79.9. The third kappa shape index (κ3) is 3.14. The summed E-state index contributed by atoms with van der Waals surface area (Å²) in [7, 11) is 1.44. The number of hydrogen-bond acceptors (Lipinski definition) is 6. The first-order valence-corrected chi connectivity index (χ1v) is 6.36. The fraction of sp³-hybridized carbons (Fsp3) is 0.0909. The molecule has 0 fully saturated rings. The van der Waals surface area contributed by atoms with Gasteiger partial charge in [-0.25, -0.2) is 4.98 Å². The Kier molecular flexibility index (Phi) is 4.35. The van der Waals surface area contributed by atoms with Crippen LogP contribution in [0.1, 0.15) is 0 Å². The average molecular weight is 361 g/mol. The molecular weight excluding hydrogens is 353 g/mol. The van der Waals surface area contributed by atoms with Crippen LogP contribution < -0.4 is 9.47 Å². The lowest BCUT2D eigenvalue weighted by Gasteiger charge is -2.07. The highest BCUT2D eigenvalue weighted by molar-refractivity contribution is 9.10. The Morgan fingerprint density at radius 2 is 2.20 bits per heavy atom. The average Bonchev–Trinajstić information content (AvgIpc) is 2.43. The monoisotopic (exact) mass is 359 g/mol. The highest BCUT2D eigenvalue weighted by Crippen LogP contribution is 2.32. The summed E-state index contributed by atoms with van der Waals surface area (Å²) in [4.78, 5) is 18.0. The molecule has 0 aliphatic heterocycles. The Morgan fingerprint density at radius 1 is 1.45 bits per heavy atom. The summed E-state index contributed by atoms with van der Waals surface area (Å²) in [6.45, 7) is 0. The van der Waals surface area contributed by atoms with Crippen molar-refractivity contribution in [1.82, 2.24) is 9.97 Å². The van der Waals surface area contributed by atoms with Gasteiger partial charge in [0.25, 0.3) is 5.69 Å². The van der Waals surface area contributed by atoms with Gasteiger partial charge < -0.3 is 9.47 Å². The summed E-state index contributed by atoms with van der Waals surface area (Å²) in [5.74, 6) is 0.363. The van der Waals surface area contributed by atoms with Gasteiger partial charge in [0.1, 0.15) is 0 Å². The molecule has 0 saturated heterocycles. The van der Waals surface area contributed by atoms with Crippen molar-refractivity contribution in [3.63, 3.8) is 0 Å². The van der Waals surface area contributed by atoms with E-state index in [4.69, 9.17) is 21.1 Å². The fourth-order valence-electron chi connectivity index (χ4n) is 1.31. The molecular formula is C11H7BrClN3O4. The second-order valence-electron chi connectivity index (χ2n) is 3.48. The first kappa shape index (κ1) is 14.5.